The smallest absolute Gasteiger partial charge is 0.258 e. The Balaban J connectivity index is 1.85. The van der Waals surface area contributed by atoms with Gasteiger partial charge in [0.15, 0.2) is 0 Å². The average Bonchev–Trinajstić information content (AvgIpc) is 2.50. The molecule has 0 amide bonds. The zero-order valence-electron chi connectivity index (χ0n) is 11.9. The maximum absolute atomic E-state index is 12.8. The predicted molar refractivity (Wildman–Crippen MR) is 81.1 cm³/mol. The summed E-state index contributed by atoms with van der Waals surface area (Å²) in [5.41, 5.74) is 1.37. The molecule has 3 heteroatoms. The molecule has 1 aromatic heterocycles. The Morgan fingerprint density at radius 1 is 1.10 bits per heavy atom. The van der Waals surface area contributed by atoms with E-state index in [1.54, 1.807) is 0 Å². The van der Waals surface area contributed by atoms with E-state index in [0.717, 1.165) is 17.3 Å². The maximum Gasteiger partial charge on any atom is 0.258 e. The van der Waals surface area contributed by atoms with Gasteiger partial charge in [0.25, 0.3) is 5.56 Å². The first-order chi connectivity index (χ1) is 9.74. The van der Waals surface area contributed by atoms with Crippen LogP contribution in [0.5, 0.6) is 0 Å². The van der Waals surface area contributed by atoms with E-state index in [1.807, 2.05) is 22.9 Å². The van der Waals surface area contributed by atoms with Crippen LogP contribution in [-0.4, -0.2) is 29.1 Å². The van der Waals surface area contributed by atoms with Crippen molar-refractivity contribution in [3.05, 3.63) is 46.4 Å². The Morgan fingerprint density at radius 2 is 1.90 bits per heavy atom. The molecule has 0 radical (unpaired) electrons. The van der Waals surface area contributed by atoms with Crippen molar-refractivity contribution in [2.45, 2.75) is 25.8 Å². The van der Waals surface area contributed by atoms with E-state index >= 15 is 0 Å². The molecule has 3 nitrogen and oxygen atoms in total. The van der Waals surface area contributed by atoms with E-state index in [4.69, 9.17) is 0 Å². The molecule has 1 atom stereocenters. The van der Waals surface area contributed by atoms with Crippen LogP contribution in [0.15, 0.2) is 35.3 Å². The van der Waals surface area contributed by atoms with Crippen LogP contribution in [-0.2, 0) is 0 Å². The van der Waals surface area contributed by atoms with Crippen molar-refractivity contribution < 1.29 is 0 Å². The van der Waals surface area contributed by atoms with E-state index in [-0.39, 0.29) is 5.56 Å². The number of pyridine rings is 1. The molecule has 3 fully saturated rings. The molecule has 3 aliphatic rings. The van der Waals surface area contributed by atoms with Gasteiger partial charge in [0.05, 0.1) is 6.04 Å². The quantitative estimate of drug-likeness (QED) is 0.794. The van der Waals surface area contributed by atoms with Crippen LogP contribution < -0.4 is 5.56 Å². The van der Waals surface area contributed by atoms with Gasteiger partial charge in [0.1, 0.15) is 0 Å². The van der Waals surface area contributed by atoms with Gasteiger partial charge in [0.2, 0.25) is 0 Å². The van der Waals surface area contributed by atoms with Crippen LogP contribution in [0.3, 0.4) is 0 Å². The molecule has 2 bridgehead atoms. The summed E-state index contributed by atoms with van der Waals surface area (Å²) in [7, 11) is 0. The van der Waals surface area contributed by atoms with Gasteiger partial charge in [-0.15, -0.1) is 0 Å². The molecule has 0 saturated carbocycles. The number of aryl methyl sites for hydroxylation is 1. The highest BCUT2D eigenvalue weighted by atomic mass is 16.1. The molecular weight excluding hydrogens is 248 g/mol. The van der Waals surface area contributed by atoms with Gasteiger partial charge in [-0.05, 0) is 61.9 Å². The van der Waals surface area contributed by atoms with E-state index in [0.29, 0.717) is 12.0 Å². The lowest BCUT2D eigenvalue weighted by atomic mass is 9.83. The molecule has 4 heterocycles. The third kappa shape index (κ3) is 1.73. The largest absolute Gasteiger partial charge is 0.310 e. The number of hydrogen-bond donors (Lipinski definition) is 0. The Hall–Kier alpha value is -1.61. The number of nitrogens with zero attached hydrogens (tertiary/aromatic N) is 2. The summed E-state index contributed by atoms with van der Waals surface area (Å²) in [6.07, 6.45) is 4.50. The molecule has 3 saturated heterocycles. The first-order valence-corrected chi connectivity index (χ1v) is 7.57. The van der Waals surface area contributed by atoms with Crippen molar-refractivity contribution in [3.63, 3.8) is 0 Å². The standard InChI is InChI=1S/C17H20N2O/c1-12-3-2-4-15-14(12)7-10-19(17(15)20)16-11-18-8-5-13(16)6-9-18/h2-4,7,10,13,16H,5-6,8-9,11H2,1H3/t16-/m0/s1. The second-order valence-electron chi connectivity index (χ2n) is 6.27. The van der Waals surface area contributed by atoms with Crippen LogP contribution in [0.2, 0.25) is 0 Å². The molecule has 104 valence electrons. The lowest BCUT2D eigenvalue weighted by Gasteiger charge is -2.45. The van der Waals surface area contributed by atoms with Crippen molar-refractivity contribution in [3.8, 4) is 0 Å². The molecule has 0 aliphatic carbocycles. The molecule has 0 N–H and O–H groups in total. The fraction of sp³-hybridized carbons (Fsp3) is 0.471. The highest BCUT2D eigenvalue weighted by molar-refractivity contribution is 5.84. The van der Waals surface area contributed by atoms with Crippen molar-refractivity contribution in [2.24, 2.45) is 5.92 Å². The van der Waals surface area contributed by atoms with E-state index < -0.39 is 0 Å². The number of hydrogen-bond acceptors (Lipinski definition) is 2. The number of piperidine rings is 3. The van der Waals surface area contributed by atoms with Crippen LogP contribution in [0.25, 0.3) is 10.8 Å². The zero-order chi connectivity index (χ0) is 13.7. The minimum absolute atomic E-state index is 0.185. The number of fused-ring (bicyclic) bond motifs is 4. The monoisotopic (exact) mass is 268 g/mol. The molecule has 3 aliphatic heterocycles. The minimum atomic E-state index is 0.185. The molecule has 2 aromatic rings. The summed E-state index contributed by atoms with van der Waals surface area (Å²) in [6, 6.07) is 8.50. The fourth-order valence-electron chi connectivity index (χ4n) is 3.96. The second kappa shape index (κ2) is 4.45. The maximum atomic E-state index is 12.8. The van der Waals surface area contributed by atoms with Gasteiger partial charge in [-0.25, -0.2) is 0 Å². The van der Waals surface area contributed by atoms with Gasteiger partial charge in [0, 0.05) is 18.1 Å². The average molecular weight is 268 g/mol. The van der Waals surface area contributed by atoms with Gasteiger partial charge in [-0.3, -0.25) is 4.79 Å². The Kier molecular flexibility index (Phi) is 2.71. The highest BCUT2D eigenvalue weighted by Crippen LogP contribution is 2.35. The first-order valence-electron chi connectivity index (χ1n) is 7.57. The van der Waals surface area contributed by atoms with Crippen molar-refractivity contribution >= 4 is 10.8 Å². The lowest BCUT2D eigenvalue weighted by molar-refractivity contribution is 0.0556. The third-order valence-electron chi connectivity index (χ3n) is 5.17. The van der Waals surface area contributed by atoms with Gasteiger partial charge in [-0.2, -0.15) is 0 Å². The predicted octanol–water partition coefficient (Wildman–Crippen LogP) is 2.58. The number of aromatic nitrogens is 1. The summed E-state index contributed by atoms with van der Waals surface area (Å²) in [5, 5.41) is 1.96. The topological polar surface area (TPSA) is 25.2 Å². The molecular formula is C17H20N2O. The summed E-state index contributed by atoms with van der Waals surface area (Å²) < 4.78 is 2.00. The molecule has 5 rings (SSSR count). The molecule has 20 heavy (non-hydrogen) atoms. The van der Waals surface area contributed by atoms with E-state index in [2.05, 4.69) is 24.0 Å². The Labute approximate surface area is 118 Å². The van der Waals surface area contributed by atoms with Crippen LogP contribution in [0.4, 0.5) is 0 Å². The SMILES string of the molecule is Cc1cccc2c(=O)n([C@H]3CN4CCC3CC4)ccc12. The van der Waals surface area contributed by atoms with Crippen molar-refractivity contribution in [1.82, 2.24) is 9.47 Å². The van der Waals surface area contributed by atoms with Gasteiger partial charge < -0.3 is 9.47 Å². The summed E-state index contributed by atoms with van der Waals surface area (Å²) in [5.74, 6) is 0.681. The first kappa shape index (κ1) is 12.2. The molecule has 1 aromatic carbocycles. The van der Waals surface area contributed by atoms with Crippen LogP contribution in [0, 0.1) is 12.8 Å². The number of benzene rings is 1. The third-order valence-corrected chi connectivity index (χ3v) is 5.17. The van der Waals surface area contributed by atoms with E-state index in [1.165, 1.54) is 31.5 Å². The van der Waals surface area contributed by atoms with E-state index in [9.17, 15) is 4.79 Å². The van der Waals surface area contributed by atoms with Crippen LogP contribution in [0.1, 0.15) is 24.4 Å². The second-order valence-corrected chi connectivity index (χ2v) is 6.27. The molecule has 0 unspecified atom stereocenters. The van der Waals surface area contributed by atoms with Gasteiger partial charge in [-0.1, -0.05) is 12.1 Å². The molecule has 0 spiro atoms. The summed E-state index contributed by atoms with van der Waals surface area (Å²) >= 11 is 0. The Morgan fingerprint density at radius 3 is 2.60 bits per heavy atom. The van der Waals surface area contributed by atoms with Gasteiger partial charge >= 0.3 is 0 Å². The summed E-state index contributed by atoms with van der Waals surface area (Å²) in [6.45, 7) is 5.54. The van der Waals surface area contributed by atoms with Crippen molar-refractivity contribution in [2.75, 3.05) is 19.6 Å². The lowest BCUT2D eigenvalue weighted by Crippen LogP contribution is -2.49. The van der Waals surface area contributed by atoms with Crippen molar-refractivity contribution in [1.29, 1.82) is 0 Å². The normalized spacial score (nSPS) is 28.9. The van der Waals surface area contributed by atoms with Crippen LogP contribution >= 0.6 is 0 Å². The minimum Gasteiger partial charge on any atom is -0.310 e. The highest BCUT2D eigenvalue weighted by Gasteiger charge is 2.35. The summed E-state index contributed by atoms with van der Waals surface area (Å²) in [4.78, 5) is 15.3. The number of rotatable bonds is 1. The zero-order valence-corrected chi connectivity index (χ0v) is 11.9. The fourth-order valence-corrected chi connectivity index (χ4v) is 3.96. The Bertz CT molecular complexity index is 710.